The van der Waals surface area contributed by atoms with E-state index < -0.39 is 47.8 Å². The molecule has 1 unspecified atom stereocenters. The summed E-state index contributed by atoms with van der Waals surface area (Å²) in [6.07, 6.45) is -4.83. The van der Waals surface area contributed by atoms with Crippen LogP contribution in [0.4, 0.5) is 5.69 Å². The summed E-state index contributed by atoms with van der Waals surface area (Å²) < 4.78 is 15.1. The number of carbonyl (C=O) groups excluding carboxylic acids is 1. The van der Waals surface area contributed by atoms with Crippen LogP contribution in [0, 0.1) is 10.1 Å². The first-order valence-corrected chi connectivity index (χ1v) is 7.48. The van der Waals surface area contributed by atoms with Gasteiger partial charge in [-0.05, 0) is 12.1 Å². The molecular formula is C15H21NO10. The number of nitro benzene ring substituents is 1. The van der Waals surface area contributed by atoms with Crippen LogP contribution >= 0.6 is 0 Å². The van der Waals surface area contributed by atoms with Crippen LogP contribution in [0.1, 0.15) is 16.8 Å². The second-order valence-corrected chi connectivity index (χ2v) is 5.13. The molecule has 1 aromatic carbocycles. The van der Waals surface area contributed by atoms with Gasteiger partial charge in [-0.25, -0.2) is 4.79 Å². The van der Waals surface area contributed by atoms with Crippen molar-refractivity contribution in [1.82, 2.24) is 0 Å². The molecule has 4 atom stereocenters. The number of esters is 1. The van der Waals surface area contributed by atoms with Gasteiger partial charge in [0.15, 0.2) is 5.75 Å². The number of benzene rings is 1. The van der Waals surface area contributed by atoms with Crippen LogP contribution in [0.25, 0.3) is 0 Å². The molecule has 1 heterocycles. The van der Waals surface area contributed by atoms with Crippen molar-refractivity contribution in [2.24, 2.45) is 0 Å². The maximum atomic E-state index is 11.5. The van der Waals surface area contributed by atoms with Gasteiger partial charge in [0.1, 0.15) is 12.2 Å². The second-order valence-electron chi connectivity index (χ2n) is 5.13. The largest absolute Gasteiger partial charge is 0.465 e. The SMILES string of the molecule is CO.COC(=O)c1ccc(O[C@H]2C[C@@H](O)[C@H](O)C(CO)O2)c([N+](=O)[O-])c1. The molecule has 146 valence electrons. The number of hydrogen-bond donors (Lipinski definition) is 4. The number of rotatable bonds is 5. The molecule has 4 N–H and O–H groups in total. The van der Waals surface area contributed by atoms with Crippen LogP contribution in [-0.2, 0) is 9.47 Å². The molecule has 11 nitrogen and oxygen atoms in total. The van der Waals surface area contributed by atoms with Gasteiger partial charge >= 0.3 is 11.7 Å². The van der Waals surface area contributed by atoms with E-state index in [0.29, 0.717) is 0 Å². The molecule has 1 saturated heterocycles. The van der Waals surface area contributed by atoms with E-state index in [4.69, 9.17) is 19.7 Å². The number of nitro groups is 1. The first-order chi connectivity index (χ1) is 12.4. The Hall–Kier alpha value is -2.31. The minimum absolute atomic E-state index is 0.0233. The third-order valence-electron chi connectivity index (χ3n) is 3.55. The average molecular weight is 375 g/mol. The predicted octanol–water partition coefficient (Wildman–Crippen LogP) is -0.802. The molecule has 0 radical (unpaired) electrons. The monoisotopic (exact) mass is 375 g/mol. The summed E-state index contributed by atoms with van der Waals surface area (Å²) in [6, 6.07) is 3.49. The highest BCUT2D eigenvalue weighted by Gasteiger charge is 2.38. The van der Waals surface area contributed by atoms with Gasteiger partial charge in [-0.3, -0.25) is 10.1 Å². The van der Waals surface area contributed by atoms with E-state index >= 15 is 0 Å². The number of methoxy groups -OCH3 is 1. The van der Waals surface area contributed by atoms with Crippen LogP contribution in [0.3, 0.4) is 0 Å². The Morgan fingerprint density at radius 3 is 2.58 bits per heavy atom. The Kier molecular flexibility index (Phi) is 8.35. The quantitative estimate of drug-likeness (QED) is 0.290. The maximum Gasteiger partial charge on any atom is 0.338 e. The minimum Gasteiger partial charge on any atom is -0.465 e. The van der Waals surface area contributed by atoms with E-state index in [9.17, 15) is 25.1 Å². The normalized spacial score (nSPS) is 24.8. The van der Waals surface area contributed by atoms with Gasteiger partial charge < -0.3 is 34.6 Å². The van der Waals surface area contributed by atoms with E-state index in [1.165, 1.54) is 12.1 Å². The van der Waals surface area contributed by atoms with E-state index in [0.717, 1.165) is 20.3 Å². The lowest BCUT2D eigenvalue weighted by molar-refractivity contribution is -0.386. The molecule has 1 aromatic rings. The third kappa shape index (κ3) is 5.09. The van der Waals surface area contributed by atoms with Crippen molar-refractivity contribution in [2.75, 3.05) is 20.8 Å². The van der Waals surface area contributed by atoms with Gasteiger partial charge in [-0.2, -0.15) is 0 Å². The molecule has 0 spiro atoms. The summed E-state index contributed by atoms with van der Waals surface area (Å²) in [5, 5.41) is 46.7. The van der Waals surface area contributed by atoms with Crippen molar-refractivity contribution in [1.29, 1.82) is 0 Å². The zero-order valence-electron chi connectivity index (χ0n) is 14.1. The molecule has 0 aromatic heterocycles. The van der Waals surface area contributed by atoms with Gasteiger partial charge in [0.25, 0.3) is 0 Å². The van der Waals surface area contributed by atoms with Crippen molar-refractivity contribution in [3.63, 3.8) is 0 Å². The molecule has 1 aliphatic heterocycles. The fourth-order valence-corrected chi connectivity index (χ4v) is 2.29. The van der Waals surface area contributed by atoms with Gasteiger partial charge in [-0.1, -0.05) is 0 Å². The molecule has 11 heteroatoms. The van der Waals surface area contributed by atoms with Crippen LogP contribution in [0.15, 0.2) is 18.2 Å². The third-order valence-corrected chi connectivity index (χ3v) is 3.55. The number of aliphatic hydroxyl groups is 4. The average Bonchev–Trinajstić information content (AvgIpc) is 2.65. The van der Waals surface area contributed by atoms with E-state index in [-0.39, 0.29) is 17.7 Å². The summed E-state index contributed by atoms with van der Waals surface area (Å²) in [6.45, 7) is -0.554. The van der Waals surface area contributed by atoms with Crippen LogP contribution in [0.2, 0.25) is 0 Å². The van der Waals surface area contributed by atoms with Gasteiger partial charge in [0, 0.05) is 19.6 Å². The molecule has 1 aliphatic rings. The summed E-state index contributed by atoms with van der Waals surface area (Å²) >= 11 is 0. The Morgan fingerprint density at radius 2 is 2.04 bits per heavy atom. The molecular weight excluding hydrogens is 354 g/mol. The molecule has 26 heavy (non-hydrogen) atoms. The zero-order chi connectivity index (χ0) is 19.9. The Balaban J connectivity index is 0.00000163. The lowest BCUT2D eigenvalue weighted by Crippen LogP contribution is -2.51. The summed E-state index contributed by atoms with van der Waals surface area (Å²) in [7, 11) is 2.15. The topological polar surface area (TPSA) is 169 Å². The summed E-state index contributed by atoms with van der Waals surface area (Å²) in [5.74, 6) is -0.921. The number of carbonyl (C=O) groups is 1. The zero-order valence-corrected chi connectivity index (χ0v) is 14.1. The van der Waals surface area contributed by atoms with Gasteiger partial charge in [0.2, 0.25) is 6.29 Å². The first kappa shape index (κ1) is 21.7. The summed E-state index contributed by atoms with van der Waals surface area (Å²) in [4.78, 5) is 21.9. The predicted molar refractivity (Wildman–Crippen MR) is 85.6 cm³/mol. The van der Waals surface area contributed by atoms with Crippen molar-refractivity contribution in [3.05, 3.63) is 33.9 Å². The lowest BCUT2D eigenvalue weighted by Gasteiger charge is -2.35. The van der Waals surface area contributed by atoms with Crippen molar-refractivity contribution in [3.8, 4) is 5.75 Å². The highest BCUT2D eigenvalue weighted by molar-refractivity contribution is 5.90. The smallest absolute Gasteiger partial charge is 0.338 e. The van der Waals surface area contributed by atoms with E-state index in [1.54, 1.807) is 0 Å². The minimum atomic E-state index is -1.29. The Morgan fingerprint density at radius 1 is 1.38 bits per heavy atom. The fraction of sp³-hybridized carbons (Fsp3) is 0.533. The van der Waals surface area contributed by atoms with Crippen molar-refractivity contribution >= 4 is 11.7 Å². The van der Waals surface area contributed by atoms with Gasteiger partial charge in [0.05, 0.1) is 30.3 Å². The van der Waals surface area contributed by atoms with Crippen molar-refractivity contribution in [2.45, 2.75) is 31.0 Å². The molecule has 0 amide bonds. The Labute approximate surface area is 148 Å². The fourth-order valence-electron chi connectivity index (χ4n) is 2.29. The van der Waals surface area contributed by atoms with Crippen LogP contribution in [0.5, 0.6) is 5.75 Å². The number of hydrogen-bond acceptors (Lipinski definition) is 10. The lowest BCUT2D eigenvalue weighted by atomic mass is 10.0. The maximum absolute atomic E-state index is 11.5. The number of aliphatic hydroxyl groups excluding tert-OH is 4. The molecule has 2 rings (SSSR count). The first-order valence-electron chi connectivity index (χ1n) is 7.48. The van der Waals surface area contributed by atoms with Gasteiger partial charge in [-0.15, -0.1) is 0 Å². The molecule has 0 aliphatic carbocycles. The second kappa shape index (κ2) is 9.99. The number of nitrogens with zero attached hydrogens (tertiary/aromatic N) is 1. The number of ether oxygens (including phenoxy) is 3. The summed E-state index contributed by atoms with van der Waals surface area (Å²) in [5.41, 5.74) is -0.507. The van der Waals surface area contributed by atoms with Crippen LogP contribution in [-0.4, -0.2) is 76.7 Å². The molecule has 1 fully saturated rings. The Bertz CT molecular complexity index is 622. The van der Waals surface area contributed by atoms with Crippen molar-refractivity contribution < 1.29 is 44.4 Å². The molecule has 0 bridgehead atoms. The highest BCUT2D eigenvalue weighted by Crippen LogP contribution is 2.31. The van der Waals surface area contributed by atoms with E-state index in [2.05, 4.69) is 4.74 Å². The molecule has 0 saturated carbocycles. The van der Waals surface area contributed by atoms with E-state index in [1.807, 2.05) is 0 Å². The van der Waals surface area contributed by atoms with Crippen LogP contribution < -0.4 is 4.74 Å². The highest BCUT2D eigenvalue weighted by atomic mass is 16.7. The standard InChI is InChI=1S/C14H17NO9.CH4O/c1-22-14(19)7-2-3-10(8(4-7)15(20)21)23-12-5-9(17)13(18)11(6-16)24-12;1-2/h2-4,9,11-13,16-18H,5-6H2,1H3;2H,1H3/t9-,11?,12-,13+;/m1./s1.